The van der Waals surface area contributed by atoms with Crippen LogP contribution in [0.5, 0.6) is 0 Å². The lowest BCUT2D eigenvalue weighted by molar-refractivity contribution is 1.03. The Labute approximate surface area is 411 Å². The number of fused-ring (bicyclic) bond motifs is 12. The Hall–Kier alpha value is -8.55. The normalized spacial score (nSPS) is 13.3. The number of benzene rings is 10. The van der Waals surface area contributed by atoms with Crippen LogP contribution in [0.25, 0.3) is 124 Å². The quantitative estimate of drug-likeness (QED) is 0.167. The molecule has 0 saturated carbocycles. The van der Waals surface area contributed by atoms with Crippen molar-refractivity contribution in [2.75, 3.05) is 0 Å². The Morgan fingerprint density at radius 1 is 0.314 bits per heavy atom. The molecule has 1 atom stereocenters. The third-order valence-corrected chi connectivity index (χ3v) is 16.9. The van der Waals surface area contributed by atoms with Crippen molar-refractivity contribution >= 4 is 84.8 Å². The minimum Gasteiger partial charge on any atom is -0.309 e. The first kappa shape index (κ1) is 39.4. The van der Waals surface area contributed by atoms with Crippen LogP contribution in [0.2, 0.25) is 0 Å². The number of para-hydroxylation sites is 1. The van der Waals surface area contributed by atoms with Gasteiger partial charge in [-0.25, -0.2) is 15.0 Å². The van der Waals surface area contributed by atoms with Crippen LogP contribution in [0.4, 0.5) is 0 Å². The number of thiophene rings is 2. The molecular formula is C64H38N4S2. The van der Waals surface area contributed by atoms with Crippen LogP contribution in [0.1, 0.15) is 22.6 Å². The second kappa shape index (κ2) is 15.5. The third kappa shape index (κ3) is 5.97. The zero-order valence-electron chi connectivity index (χ0n) is 37.5. The average molecular weight is 927 g/mol. The molecule has 0 fully saturated rings. The molecule has 6 heteroatoms. The molecule has 70 heavy (non-hydrogen) atoms. The van der Waals surface area contributed by atoms with Gasteiger partial charge in [0.05, 0.1) is 11.0 Å². The van der Waals surface area contributed by atoms with Gasteiger partial charge in [0.1, 0.15) is 0 Å². The lowest BCUT2D eigenvalue weighted by Crippen LogP contribution is -2.00. The highest BCUT2D eigenvalue weighted by Crippen LogP contribution is 2.53. The summed E-state index contributed by atoms with van der Waals surface area (Å²) in [6.45, 7) is 0. The van der Waals surface area contributed by atoms with Crippen LogP contribution >= 0.6 is 22.7 Å². The van der Waals surface area contributed by atoms with E-state index in [1.807, 2.05) is 59.1 Å². The van der Waals surface area contributed by atoms with Gasteiger partial charge in [0, 0.05) is 79.4 Å². The van der Waals surface area contributed by atoms with Crippen LogP contribution in [-0.2, 0) is 0 Å². The maximum absolute atomic E-state index is 5.17. The molecule has 1 aliphatic carbocycles. The summed E-state index contributed by atoms with van der Waals surface area (Å²) in [5.41, 5.74) is 15.5. The van der Waals surface area contributed by atoms with Crippen molar-refractivity contribution in [3.8, 4) is 62.1 Å². The van der Waals surface area contributed by atoms with Gasteiger partial charge < -0.3 is 4.57 Å². The molecule has 1 unspecified atom stereocenters. The Kier molecular flexibility index (Phi) is 8.73. The summed E-state index contributed by atoms with van der Waals surface area (Å²) in [6, 6.07) is 81.5. The Morgan fingerprint density at radius 3 is 1.67 bits per heavy atom. The van der Waals surface area contributed by atoms with Crippen molar-refractivity contribution in [2.45, 2.75) is 5.92 Å². The van der Waals surface area contributed by atoms with Gasteiger partial charge >= 0.3 is 0 Å². The summed E-state index contributed by atoms with van der Waals surface area (Å²) in [6.07, 6.45) is 0. The molecule has 0 aliphatic heterocycles. The first-order valence-electron chi connectivity index (χ1n) is 23.7. The van der Waals surface area contributed by atoms with E-state index in [1.54, 1.807) is 0 Å². The molecular weight excluding hydrogens is 889 g/mol. The topological polar surface area (TPSA) is 43.6 Å². The Bertz CT molecular complexity index is 4370. The van der Waals surface area contributed by atoms with E-state index in [0.29, 0.717) is 17.5 Å². The van der Waals surface area contributed by atoms with Crippen LogP contribution in [-0.4, -0.2) is 19.5 Å². The molecule has 15 rings (SSSR count). The van der Waals surface area contributed by atoms with Crippen LogP contribution < -0.4 is 0 Å². The molecule has 326 valence electrons. The summed E-state index contributed by atoms with van der Waals surface area (Å²) in [5, 5.41) is 7.60. The molecule has 10 aromatic carbocycles. The van der Waals surface area contributed by atoms with Crippen molar-refractivity contribution in [1.82, 2.24) is 19.5 Å². The molecule has 4 heterocycles. The SMILES string of the molecule is c1ccc(-c2nc(-c3ccccc3)nc(-c3cccc4c3sc3c(C5c6ccccc6-c6cc(-n7c8ccccc8c8cc(-c9cccc%10c9sc9ccccc9%10)ccc87)ccc65)cccc34)n2)cc1. The third-order valence-electron chi connectivity index (χ3n) is 14.4. The van der Waals surface area contributed by atoms with Crippen molar-refractivity contribution < 1.29 is 0 Å². The maximum Gasteiger partial charge on any atom is 0.165 e. The fourth-order valence-corrected chi connectivity index (χ4v) is 13.8. The summed E-state index contributed by atoms with van der Waals surface area (Å²) in [5.74, 6) is 2.05. The van der Waals surface area contributed by atoms with E-state index in [0.717, 1.165) is 22.4 Å². The van der Waals surface area contributed by atoms with Crippen LogP contribution in [0.3, 0.4) is 0 Å². The average Bonchev–Trinajstić information content (AvgIpc) is 4.19. The van der Waals surface area contributed by atoms with Gasteiger partial charge in [0.15, 0.2) is 17.5 Å². The number of nitrogens with zero attached hydrogens (tertiary/aromatic N) is 4. The van der Waals surface area contributed by atoms with Gasteiger partial charge in [0.25, 0.3) is 0 Å². The van der Waals surface area contributed by atoms with E-state index in [9.17, 15) is 0 Å². The summed E-state index contributed by atoms with van der Waals surface area (Å²) in [4.78, 5) is 15.3. The monoisotopic (exact) mass is 926 g/mol. The zero-order valence-corrected chi connectivity index (χ0v) is 39.2. The van der Waals surface area contributed by atoms with Gasteiger partial charge in [0.2, 0.25) is 0 Å². The molecule has 0 spiro atoms. The summed E-state index contributed by atoms with van der Waals surface area (Å²) >= 11 is 3.74. The molecule has 4 nitrogen and oxygen atoms in total. The molecule has 4 aromatic heterocycles. The summed E-state index contributed by atoms with van der Waals surface area (Å²) < 4.78 is 7.58. The number of hydrogen-bond donors (Lipinski definition) is 0. The first-order valence-corrected chi connectivity index (χ1v) is 25.3. The minimum atomic E-state index is 0.0596. The fraction of sp³-hybridized carbons (Fsp3) is 0.0156. The van der Waals surface area contributed by atoms with Crippen molar-refractivity contribution in [2.24, 2.45) is 0 Å². The van der Waals surface area contributed by atoms with Gasteiger partial charge in [-0.15, -0.1) is 22.7 Å². The predicted octanol–water partition coefficient (Wildman–Crippen LogP) is 17.5. The number of aromatic nitrogens is 4. The standard InChI is InChI=1S/C64H38N4S2/c1-3-16-38(17-4-1)62-65-63(39-18-5-2-6-19-39)67-64(66-62)52-29-15-27-50-49-26-14-28-51(60(49)70-61(50)52)58-46-23-8-7-20-43(46)53-37-41(33-34-47(53)58)68-55-30-11-9-21-44(55)54-36-40(32-35-56(54)68)42-24-13-25-48-45-22-10-12-31-57(45)69-59(42)48/h1-37,58H. The van der Waals surface area contributed by atoms with E-state index in [-0.39, 0.29) is 5.92 Å². The lowest BCUT2D eigenvalue weighted by Gasteiger charge is -2.16. The van der Waals surface area contributed by atoms with Crippen LogP contribution in [0.15, 0.2) is 224 Å². The Morgan fingerprint density at radius 2 is 0.871 bits per heavy atom. The minimum absolute atomic E-state index is 0.0596. The fourth-order valence-electron chi connectivity index (χ4n) is 11.2. The number of hydrogen-bond acceptors (Lipinski definition) is 5. The first-order chi connectivity index (χ1) is 34.7. The van der Waals surface area contributed by atoms with Crippen molar-refractivity contribution in [1.29, 1.82) is 0 Å². The molecule has 0 saturated heterocycles. The van der Waals surface area contributed by atoms with Gasteiger partial charge in [-0.05, 0) is 81.4 Å². The molecule has 1 aliphatic rings. The molecule has 0 amide bonds. The van der Waals surface area contributed by atoms with Gasteiger partial charge in [-0.2, -0.15) is 0 Å². The molecule has 0 bridgehead atoms. The molecule has 14 aromatic rings. The van der Waals surface area contributed by atoms with Gasteiger partial charge in [-0.1, -0.05) is 182 Å². The second-order valence-corrected chi connectivity index (χ2v) is 20.3. The molecule has 0 radical (unpaired) electrons. The molecule has 0 N–H and O–H groups in total. The lowest BCUT2D eigenvalue weighted by atomic mass is 9.88. The predicted molar refractivity (Wildman–Crippen MR) is 295 cm³/mol. The van der Waals surface area contributed by atoms with Crippen molar-refractivity contribution in [3.63, 3.8) is 0 Å². The zero-order chi connectivity index (χ0) is 45.9. The Balaban J connectivity index is 0.872. The van der Waals surface area contributed by atoms with E-state index >= 15 is 0 Å². The maximum atomic E-state index is 5.17. The van der Waals surface area contributed by atoms with Gasteiger partial charge in [-0.3, -0.25) is 0 Å². The summed E-state index contributed by atoms with van der Waals surface area (Å²) in [7, 11) is 0. The van der Waals surface area contributed by atoms with Crippen molar-refractivity contribution in [3.05, 3.63) is 241 Å². The smallest absolute Gasteiger partial charge is 0.165 e. The number of rotatable bonds is 6. The van der Waals surface area contributed by atoms with E-state index in [4.69, 9.17) is 15.0 Å². The highest BCUT2D eigenvalue weighted by molar-refractivity contribution is 7.26. The van der Waals surface area contributed by atoms with E-state index in [1.165, 1.54) is 101 Å². The van der Waals surface area contributed by atoms with E-state index < -0.39 is 0 Å². The second-order valence-electron chi connectivity index (χ2n) is 18.2. The highest BCUT2D eigenvalue weighted by Gasteiger charge is 2.32. The van der Waals surface area contributed by atoms with E-state index in [2.05, 4.69) is 193 Å². The largest absolute Gasteiger partial charge is 0.309 e. The van der Waals surface area contributed by atoms with Crippen LogP contribution in [0, 0.1) is 0 Å². The highest BCUT2D eigenvalue weighted by atomic mass is 32.1.